The molecular formula is C27H22P2. The Bertz CT molecular complexity index is 1280. The minimum absolute atomic E-state index is 0.181. The molecule has 2 heterocycles. The van der Waals surface area contributed by atoms with Gasteiger partial charge in [-0.2, -0.15) is 0 Å². The average Bonchev–Trinajstić information content (AvgIpc) is 3.33. The van der Waals surface area contributed by atoms with Gasteiger partial charge >= 0.3 is 0 Å². The van der Waals surface area contributed by atoms with E-state index in [2.05, 4.69) is 96.5 Å². The quantitative estimate of drug-likeness (QED) is 0.273. The lowest BCUT2D eigenvalue weighted by molar-refractivity contribution is 0.984. The van der Waals surface area contributed by atoms with E-state index in [-0.39, 0.29) is 15.1 Å². The smallest absolute Gasteiger partial charge is 0.00239 e. The van der Waals surface area contributed by atoms with E-state index in [0.29, 0.717) is 0 Å². The summed E-state index contributed by atoms with van der Waals surface area (Å²) >= 11 is 0. The third-order valence-electron chi connectivity index (χ3n) is 6.11. The van der Waals surface area contributed by atoms with Crippen LogP contribution in [-0.2, 0) is 12.3 Å². The van der Waals surface area contributed by atoms with E-state index in [1.54, 1.807) is 10.6 Å². The highest BCUT2D eigenvalue weighted by molar-refractivity contribution is 7.52. The zero-order valence-electron chi connectivity index (χ0n) is 16.3. The number of aryl methyl sites for hydroxylation is 2. The van der Waals surface area contributed by atoms with Gasteiger partial charge in [-0.1, -0.05) is 72.8 Å². The molecule has 2 heteroatoms. The zero-order chi connectivity index (χ0) is 19.2. The second-order valence-corrected chi connectivity index (χ2v) is 12.2. The Morgan fingerprint density at radius 2 is 1.00 bits per heavy atom. The fourth-order valence-corrected chi connectivity index (χ4v) is 9.29. The van der Waals surface area contributed by atoms with Crippen LogP contribution in [0.5, 0.6) is 0 Å². The van der Waals surface area contributed by atoms with E-state index in [1.165, 1.54) is 51.4 Å². The Labute approximate surface area is 173 Å². The van der Waals surface area contributed by atoms with Crippen LogP contribution in [0.25, 0.3) is 43.3 Å². The second kappa shape index (κ2) is 7.07. The molecule has 2 unspecified atom stereocenters. The normalized spacial score (nSPS) is 13.1. The van der Waals surface area contributed by atoms with Crippen LogP contribution in [0.3, 0.4) is 0 Å². The third-order valence-corrected chi connectivity index (χ3v) is 10.8. The Kier molecular flexibility index (Phi) is 4.23. The average molecular weight is 408 g/mol. The minimum atomic E-state index is -0.181. The molecule has 0 amide bonds. The maximum Gasteiger partial charge on any atom is 0.00239 e. The van der Waals surface area contributed by atoms with Crippen molar-refractivity contribution < 1.29 is 0 Å². The highest BCUT2D eigenvalue weighted by Gasteiger charge is 2.14. The molecule has 29 heavy (non-hydrogen) atoms. The summed E-state index contributed by atoms with van der Waals surface area (Å²) in [6, 6.07) is 31.8. The van der Waals surface area contributed by atoms with Crippen LogP contribution in [0.15, 0.2) is 96.5 Å². The fraction of sp³-hybridized carbons (Fsp3) is 0.111. The van der Waals surface area contributed by atoms with Crippen molar-refractivity contribution in [2.75, 3.05) is 0 Å². The molecule has 2 aromatic rings. The molecule has 0 aromatic heterocycles. The molecule has 140 valence electrons. The molecule has 0 N–H and O–H groups in total. The van der Waals surface area contributed by atoms with Gasteiger partial charge in [-0.05, 0) is 75.1 Å². The van der Waals surface area contributed by atoms with Gasteiger partial charge in [0.15, 0.2) is 0 Å². The summed E-state index contributed by atoms with van der Waals surface area (Å²) < 4.78 is 0. The molecule has 2 aliphatic carbocycles. The summed E-state index contributed by atoms with van der Waals surface area (Å²) in [6.07, 6.45) is 3.90. The van der Waals surface area contributed by atoms with E-state index >= 15 is 0 Å². The predicted octanol–water partition coefficient (Wildman–Crippen LogP) is 9.27. The molecular weight excluding hydrogens is 386 g/mol. The van der Waals surface area contributed by atoms with Crippen molar-refractivity contribution in [3.05, 3.63) is 96.5 Å². The third kappa shape index (κ3) is 2.91. The lowest BCUT2D eigenvalue weighted by Gasteiger charge is -2.12. The van der Waals surface area contributed by atoms with Gasteiger partial charge in [0, 0.05) is 10.6 Å². The van der Waals surface area contributed by atoms with E-state index in [4.69, 9.17) is 0 Å². The van der Waals surface area contributed by atoms with Crippen molar-refractivity contribution in [3.63, 3.8) is 0 Å². The van der Waals surface area contributed by atoms with Crippen molar-refractivity contribution in [1.82, 2.24) is 0 Å². The molecule has 2 aliphatic heterocycles. The fourth-order valence-electron chi connectivity index (χ4n) is 4.74. The number of fused-ring (bicyclic) bond motifs is 6. The largest absolute Gasteiger partial charge is 0.117 e. The first-order valence-electron chi connectivity index (χ1n) is 10.3. The van der Waals surface area contributed by atoms with Crippen LogP contribution < -0.4 is 0 Å². The second-order valence-electron chi connectivity index (χ2n) is 7.82. The van der Waals surface area contributed by atoms with E-state index in [0.717, 1.165) is 0 Å². The molecule has 0 nitrogen and oxygen atoms in total. The number of hydrogen-bond acceptors (Lipinski definition) is 0. The molecule has 0 fully saturated rings. The Hall–Kier alpha value is -2.52. The van der Waals surface area contributed by atoms with Gasteiger partial charge in [0.05, 0.1) is 0 Å². The Balaban J connectivity index is 1.28. The van der Waals surface area contributed by atoms with Gasteiger partial charge in [0.1, 0.15) is 0 Å². The first kappa shape index (κ1) is 17.3. The van der Waals surface area contributed by atoms with Crippen molar-refractivity contribution in [2.45, 2.75) is 18.7 Å². The van der Waals surface area contributed by atoms with E-state index in [9.17, 15) is 0 Å². The SMILES string of the molecule is c1ccc2c3cccp(CCCp4cccc5c6ccccc6cc4-5)c-3cc2c1. The lowest BCUT2D eigenvalue weighted by Crippen LogP contribution is -1.80. The number of benzene rings is 2. The zero-order valence-corrected chi connectivity index (χ0v) is 18.0. The van der Waals surface area contributed by atoms with Crippen LogP contribution in [0.2, 0.25) is 0 Å². The summed E-state index contributed by atoms with van der Waals surface area (Å²) in [5.41, 5.74) is 2.94. The maximum absolute atomic E-state index is 2.47. The van der Waals surface area contributed by atoms with Gasteiger partial charge in [-0.25, -0.2) is 0 Å². The van der Waals surface area contributed by atoms with Gasteiger partial charge in [-0.15, -0.1) is 15.1 Å². The monoisotopic (exact) mass is 408 g/mol. The molecule has 0 bridgehead atoms. The van der Waals surface area contributed by atoms with Gasteiger partial charge < -0.3 is 0 Å². The first-order chi connectivity index (χ1) is 14.4. The van der Waals surface area contributed by atoms with E-state index < -0.39 is 0 Å². The highest BCUT2D eigenvalue weighted by Crippen LogP contribution is 2.51. The molecule has 0 saturated heterocycles. The summed E-state index contributed by atoms with van der Waals surface area (Å²) in [7, 11) is -0.363. The topological polar surface area (TPSA) is 0 Å². The molecule has 0 saturated carbocycles. The van der Waals surface area contributed by atoms with Crippen LogP contribution in [0.1, 0.15) is 6.42 Å². The van der Waals surface area contributed by atoms with Gasteiger partial charge in [0.25, 0.3) is 0 Å². The van der Waals surface area contributed by atoms with Crippen LogP contribution in [0, 0.1) is 0 Å². The van der Waals surface area contributed by atoms with Crippen LogP contribution in [0.4, 0.5) is 0 Å². The number of rotatable bonds is 4. The molecule has 6 rings (SSSR count). The summed E-state index contributed by atoms with van der Waals surface area (Å²) in [6.45, 7) is 0. The summed E-state index contributed by atoms with van der Waals surface area (Å²) in [5, 5.41) is 8.80. The van der Waals surface area contributed by atoms with Crippen molar-refractivity contribution in [1.29, 1.82) is 0 Å². The standard InChI is InChI=1S/C27H22P2/c1-3-10-22-20(8-1)18-26-24(22)12-5-14-28(26)16-7-17-29-15-6-13-25-23-11-4-2-9-21(23)19-27(25)29/h1-6,8-15,18-19H,7,16-17H2. The van der Waals surface area contributed by atoms with Gasteiger partial charge in [-0.3, -0.25) is 0 Å². The Morgan fingerprint density at radius 3 is 1.52 bits per heavy atom. The molecule has 2 atom stereocenters. The minimum Gasteiger partial charge on any atom is -0.117 e. The molecule has 0 spiro atoms. The summed E-state index contributed by atoms with van der Waals surface area (Å²) in [5.74, 6) is 4.94. The molecule has 4 aliphatic rings. The molecule has 0 radical (unpaired) electrons. The number of hydrogen-bond donors (Lipinski definition) is 0. The van der Waals surface area contributed by atoms with Crippen molar-refractivity contribution in [2.24, 2.45) is 0 Å². The van der Waals surface area contributed by atoms with Gasteiger partial charge in [0.2, 0.25) is 0 Å². The molecule has 2 aromatic carbocycles. The lowest BCUT2D eigenvalue weighted by atomic mass is 10.2. The maximum atomic E-state index is 2.47. The van der Waals surface area contributed by atoms with Crippen LogP contribution in [-0.4, -0.2) is 0 Å². The Morgan fingerprint density at radius 1 is 0.517 bits per heavy atom. The highest BCUT2D eigenvalue weighted by atomic mass is 31.1. The van der Waals surface area contributed by atoms with Crippen LogP contribution >= 0.6 is 15.1 Å². The van der Waals surface area contributed by atoms with Crippen molar-refractivity contribution in [3.8, 4) is 21.7 Å². The van der Waals surface area contributed by atoms with Crippen molar-refractivity contribution >= 4 is 36.6 Å². The summed E-state index contributed by atoms with van der Waals surface area (Å²) in [4.78, 5) is 0. The van der Waals surface area contributed by atoms with E-state index in [1.807, 2.05) is 0 Å². The predicted molar refractivity (Wildman–Crippen MR) is 131 cm³/mol. The first-order valence-corrected chi connectivity index (χ1v) is 13.5.